The van der Waals surface area contributed by atoms with E-state index in [1.807, 2.05) is 0 Å². The summed E-state index contributed by atoms with van der Waals surface area (Å²) >= 11 is 7.44. The minimum Gasteiger partial charge on any atom is -0.457 e. The number of thiophene rings is 1. The SMILES string of the molecule is CS(=O)(=O)Nc1ccc2sc(C(=O)Nc3cc(Cl)cc(Oc4ccc(F)cc4)c3)cc2c1. The van der Waals surface area contributed by atoms with Crippen LogP contribution >= 0.6 is 22.9 Å². The molecule has 0 saturated heterocycles. The Morgan fingerprint density at radius 2 is 1.72 bits per heavy atom. The first-order valence-corrected chi connectivity index (χ1v) is 12.3. The van der Waals surface area contributed by atoms with Crippen molar-refractivity contribution in [1.29, 1.82) is 0 Å². The van der Waals surface area contributed by atoms with Gasteiger partial charge >= 0.3 is 0 Å². The normalized spacial score (nSPS) is 11.3. The van der Waals surface area contributed by atoms with Gasteiger partial charge in [-0.15, -0.1) is 11.3 Å². The Morgan fingerprint density at radius 3 is 2.44 bits per heavy atom. The van der Waals surface area contributed by atoms with Crippen molar-refractivity contribution in [3.63, 3.8) is 0 Å². The lowest BCUT2D eigenvalue weighted by Gasteiger charge is -2.09. The summed E-state index contributed by atoms with van der Waals surface area (Å²) < 4.78 is 44.9. The number of carbonyl (C=O) groups is 1. The average Bonchev–Trinajstić information content (AvgIpc) is 3.12. The number of nitrogens with one attached hydrogen (secondary N) is 2. The summed E-state index contributed by atoms with van der Waals surface area (Å²) in [5, 5.41) is 3.87. The Morgan fingerprint density at radius 1 is 0.969 bits per heavy atom. The molecule has 0 atom stereocenters. The quantitative estimate of drug-likeness (QED) is 0.341. The fourth-order valence-electron chi connectivity index (χ4n) is 2.96. The topological polar surface area (TPSA) is 84.5 Å². The molecule has 4 rings (SSSR count). The third-order valence-electron chi connectivity index (χ3n) is 4.22. The van der Waals surface area contributed by atoms with E-state index in [-0.39, 0.29) is 11.7 Å². The van der Waals surface area contributed by atoms with Crippen LogP contribution in [0.2, 0.25) is 5.02 Å². The van der Waals surface area contributed by atoms with Crippen molar-refractivity contribution in [2.75, 3.05) is 16.3 Å². The monoisotopic (exact) mass is 490 g/mol. The number of sulfonamides is 1. The molecule has 32 heavy (non-hydrogen) atoms. The van der Waals surface area contributed by atoms with E-state index in [1.54, 1.807) is 42.5 Å². The van der Waals surface area contributed by atoms with Gasteiger partial charge in [0.2, 0.25) is 10.0 Å². The second-order valence-corrected chi connectivity index (χ2v) is 10.2. The maximum atomic E-state index is 13.1. The number of benzene rings is 3. The zero-order valence-electron chi connectivity index (χ0n) is 16.6. The van der Waals surface area contributed by atoms with Crippen LogP contribution in [-0.4, -0.2) is 20.6 Å². The summed E-state index contributed by atoms with van der Waals surface area (Å²) in [5.74, 6) is 0.0824. The summed E-state index contributed by atoms with van der Waals surface area (Å²) in [6.45, 7) is 0. The molecule has 0 aliphatic heterocycles. The van der Waals surface area contributed by atoms with Crippen molar-refractivity contribution in [1.82, 2.24) is 0 Å². The third kappa shape index (κ3) is 5.56. The van der Waals surface area contributed by atoms with Crippen molar-refractivity contribution in [2.45, 2.75) is 0 Å². The number of fused-ring (bicyclic) bond motifs is 1. The Labute approximate surface area is 192 Å². The van der Waals surface area contributed by atoms with Gasteiger partial charge in [-0.05, 0) is 66.0 Å². The van der Waals surface area contributed by atoms with E-state index >= 15 is 0 Å². The van der Waals surface area contributed by atoms with Gasteiger partial charge in [-0.2, -0.15) is 0 Å². The van der Waals surface area contributed by atoms with Gasteiger partial charge < -0.3 is 10.1 Å². The molecular weight excluding hydrogens is 475 g/mol. The molecule has 1 amide bonds. The smallest absolute Gasteiger partial charge is 0.265 e. The number of ether oxygens (including phenoxy) is 1. The highest BCUT2D eigenvalue weighted by atomic mass is 35.5. The van der Waals surface area contributed by atoms with Crippen LogP contribution in [0.3, 0.4) is 0 Å². The predicted molar refractivity (Wildman–Crippen MR) is 126 cm³/mol. The van der Waals surface area contributed by atoms with E-state index in [0.29, 0.717) is 32.8 Å². The third-order valence-corrected chi connectivity index (χ3v) is 6.16. The minimum atomic E-state index is -3.40. The number of hydrogen-bond acceptors (Lipinski definition) is 5. The summed E-state index contributed by atoms with van der Waals surface area (Å²) in [4.78, 5) is 13.2. The fourth-order valence-corrected chi connectivity index (χ4v) is 4.68. The van der Waals surface area contributed by atoms with Crippen LogP contribution in [0.25, 0.3) is 10.1 Å². The zero-order chi connectivity index (χ0) is 22.9. The van der Waals surface area contributed by atoms with Gasteiger partial charge in [0, 0.05) is 27.2 Å². The van der Waals surface area contributed by atoms with Crippen LogP contribution in [0, 0.1) is 5.82 Å². The molecule has 6 nitrogen and oxygen atoms in total. The van der Waals surface area contributed by atoms with Crippen molar-refractivity contribution < 1.29 is 22.3 Å². The van der Waals surface area contributed by atoms with Crippen molar-refractivity contribution in [3.05, 3.63) is 82.4 Å². The zero-order valence-corrected chi connectivity index (χ0v) is 18.9. The Kier molecular flexibility index (Phi) is 6.05. The standard InChI is InChI=1S/C22H16ClFN2O4S2/c1-32(28,29)26-16-4-7-20-13(8-16)9-21(31-20)22(27)25-17-10-14(23)11-19(12-17)30-18-5-2-15(24)3-6-18/h2-12,26H,1H3,(H,25,27). The van der Waals surface area contributed by atoms with Crippen molar-refractivity contribution in [3.8, 4) is 11.5 Å². The number of rotatable bonds is 6. The van der Waals surface area contributed by atoms with Crippen LogP contribution < -0.4 is 14.8 Å². The number of carbonyl (C=O) groups excluding carboxylic acids is 1. The average molecular weight is 491 g/mol. The molecule has 0 aliphatic carbocycles. The summed E-state index contributed by atoms with van der Waals surface area (Å²) in [6.07, 6.45) is 1.07. The predicted octanol–water partition coefficient (Wildman–Crippen LogP) is 6.11. The molecule has 0 bridgehead atoms. The van der Waals surface area contributed by atoms with Gasteiger partial charge in [0.1, 0.15) is 17.3 Å². The molecule has 4 aromatic rings. The highest BCUT2D eigenvalue weighted by Gasteiger charge is 2.13. The second kappa shape index (κ2) is 8.78. The molecule has 0 unspecified atom stereocenters. The molecule has 0 fully saturated rings. The maximum absolute atomic E-state index is 13.1. The van der Waals surface area contributed by atoms with E-state index < -0.39 is 10.0 Å². The Bertz CT molecular complexity index is 1420. The minimum absolute atomic E-state index is 0.348. The van der Waals surface area contributed by atoms with E-state index in [0.717, 1.165) is 16.3 Å². The van der Waals surface area contributed by atoms with E-state index in [4.69, 9.17) is 16.3 Å². The molecule has 10 heteroatoms. The highest BCUT2D eigenvalue weighted by Crippen LogP contribution is 2.31. The lowest BCUT2D eigenvalue weighted by atomic mass is 10.2. The summed E-state index contributed by atoms with van der Waals surface area (Å²) in [6, 6.07) is 17.0. The van der Waals surface area contributed by atoms with Crippen LogP contribution in [0.15, 0.2) is 66.7 Å². The molecular formula is C22H16ClFN2O4S2. The number of amides is 1. The van der Waals surface area contributed by atoms with Gasteiger partial charge in [-0.25, -0.2) is 12.8 Å². The number of hydrogen-bond donors (Lipinski definition) is 2. The van der Waals surface area contributed by atoms with E-state index in [9.17, 15) is 17.6 Å². The Hall–Kier alpha value is -3.14. The van der Waals surface area contributed by atoms with E-state index in [1.165, 1.54) is 35.6 Å². The lowest BCUT2D eigenvalue weighted by molar-refractivity contribution is 0.103. The van der Waals surface area contributed by atoms with Crippen molar-refractivity contribution >= 4 is 60.3 Å². The maximum Gasteiger partial charge on any atom is 0.265 e. The van der Waals surface area contributed by atoms with Gasteiger partial charge in [-0.1, -0.05) is 11.6 Å². The molecule has 0 aliphatic rings. The first kappa shape index (κ1) is 22.1. The van der Waals surface area contributed by atoms with Crippen LogP contribution in [-0.2, 0) is 10.0 Å². The number of halogens is 2. The second-order valence-electron chi connectivity index (χ2n) is 6.92. The first-order chi connectivity index (χ1) is 15.1. The summed E-state index contributed by atoms with van der Waals surface area (Å²) in [7, 11) is -3.40. The van der Waals surface area contributed by atoms with Crippen molar-refractivity contribution in [2.24, 2.45) is 0 Å². The summed E-state index contributed by atoms with van der Waals surface area (Å²) in [5.41, 5.74) is 0.846. The van der Waals surface area contributed by atoms with Gasteiger partial charge in [0.15, 0.2) is 0 Å². The van der Waals surface area contributed by atoms with E-state index in [2.05, 4.69) is 10.0 Å². The molecule has 3 aromatic carbocycles. The molecule has 0 radical (unpaired) electrons. The largest absolute Gasteiger partial charge is 0.457 e. The van der Waals surface area contributed by atoms with Crippen LogP contribution in [0.5, 0.6) is 11.5 Å². The van der Waals surface area contributed by atoms with Crippen LogP contribution in [0.1, 0.15) is 9.67 Å². The Balaban J connectivity index is 1.53. The molecule has 164 valence electrons. The fraction of sp³-hybridized carbons (Fsp3) is 0.0455. The first-order valence-electron chi connectivity index (χ1n) is 9.21. The number of anilines is 2. The van der Waals surface area contributed by atoms with Gasteiger partial charge in [0.05, 0.1) is 11.1 Å². The highest BCUT2D eigenvalue weighted by molar-refractivity contribution is 7.92. The molecule has 1 aromatic heterocycles. The van der Waals surface area contributed by atoms with Crippen LogP contribution in [0.4, 0.5) is 15.8 Å². The van der Waals surface area contributed by atoms with Gasteiger partial charge in [0.25, 0.3) is 5.91 Å². The lowest BCUT2D eigenvalue weighted by Crippen LogP contribution is -2.10. The van der Waals surface area contributed by atoms with Gasteiger partial charge in [-0.3, -0.25) is 9.52 Å². The molecule has 2 N–H and O–H groups in total. The molecule has 0 spiro atoms. The molecule has 0 saturated carbocycles. The molecule has 1 heterocycles.